The van der Waals surface area contributed by atoms with Gasteiger partial charge in [-0.25, -0.2) is 21.9 Å². The largest absolute Gasteiger partial charge is 0.351 e. The Morgan fingerprint density at radius 2 is 1.73 bits per heavy atom. The van der Waals surface area contributed by atoms with Gasteiger partial charge in [0.1, 0.15) is 11.6 Å². The van der Waals surface area contributed by atoms with Crippen LogP contribution in [-0.2, 0) is 14.8 Å². The van der Waals surface area contributed by atoms with E-state index in [9.17, 15) is 22.0 Å². The van der Waals surface area contributed by atoms with E-state index in [1.54, 1.807) is 6.07 Å². The van der Waals surface area contributed by atoms with Gasteiger partial charge in [-0.15, -0.1) is 0 Å². The van der Waals surface area contributed by atoms with Crippen molar-refractivity contribution in [2.45, 2.75) is 4.90 Å². The molecule has 0 atom stereocenters. The van der Waals surface area contributed by atoms with Gasteiger partial charge in [0.15, 0.2) is 0 Å². The van der Waals surface area contributed by atoms with Crippen LogP contribution in [0.5, 0.6) is 0 Å². The highest BCUT2D eigenvalue weighted by Gasteiger charge is 2.13. The van der Waals surface area contributed by atoms with Gasteiger partial charge >= 0.3 is 0 Å². The van der Waals surface area contributed by atoms with E-state index in [4.69, 9.17) is 11.6 Å². The Bertz CT molecular complexity index is 913. The summed E-state index contributed by atoms with van der Waals surface area (Å²) in [5.74, 6) is -2.19. The lowest BCUT2D eigenvalue weighted by Crippen LogP contribution is -2.34. The van der Waals surface area contributed by atoms with Crippen molar-refractivity contribution >= 4 is 33.6 Å². The molecule has 0 aliphatic carbocycles. The number of amides is 1. The molecule has 0 heterocycles. The lowest BCUT2D eigenvalue weighted by Gasteiger charge is -2.07. The van der Waals surface area contributed by atoms with Crippen LogP contribution < -0.4 is 10.0 Å². The van der Waals surface area contributed by atoms with Crippen molar-refractivity contribution in [2.75, 3.05) is 13.1 Å². The quantitative estimate of drug-likeness (QED) is 0.554. The van der Waals surface area contributed by atoms with Gasteiger partial charge in [0.05, 0.1) is 4.90 Å². The lowest BCUT2D eigenvalue weighted by atomic mass is 10.2. The van der Waals surface area contributed by atoms with Crippen LogP contribution in [0.25, 0.3) is 6.08 Å². The van der Waals surface area contributed by atoms with Gasteiger partial charge in [0.25, 0.3) is 0 Å². The zero-order valence-corrected chi connectivity index (χ0v) is 14.9. The normalized spacial score (nSPS) is 11.7. The van der Waals surface area contributed by atoms with Crippen LogP contribution >= 0.6 is 11.6 Å². The summed E-state index contributed by atoms with van der Waals surface area (Å²) in [4.78, 5) is 11.6. The molecule has 5 nitrogen and oxygen atoms in total. The molecule has 0 unspecified atom stereocenters. The molecule has 0 radical (unpaired) electrons. The van der Waals surface area contributed by atoms with Crippen molar-refractivity contribution in [3.05, 3.63) is 70.8 Å². The summed E-state index contributed by atoms with van der Waals surface area (Å²) >= 11 is 5.75. The Morgan fingerprint density at radius 3 is 2.38 bits per heavy atom. The van der Waals surface area contributed by atoms with Crippen LogP contribution in [0, 0.1) is 11.6 Å². The van der Waals surface area contributed by atoms with Crippen LogP contribution in [0.2, 0.25) is 5.02 Å². The van der Waals surface area contributed by atoms with Gasteiger partial charge in [-0.2, -0.15) is 0 Å². The summed E-state index contributed by atoms with van der Waals surface area (Å²) in [6.45, 7) is -0.0782. The maximum atomic E-state index is 13.4. The van der Waals surface area contributed by atoms with Crippen LogP contribution in [0.4, 0.5) is 8.78 Å². The number of rotatable bonds is 7. The summed E-state index contributed by atoms with van der Waals surface area (Å²) in [7, 11) is -3.75. The zero-order chi connectivity index (χ0) is 19.2. The molecule has 0 fully saturated rings. The molecule has 0 aliphatic rings. The van der Waals surface area contributed by atoms with E-state index < -0.39 is 27.6 Å². The van der Waals surface area contributed by atoms with E-state index in [1.165, 1.54) is 24.3 Å². The van der Waals surface area contributed by atoms with Crippen molar-refractivity contribution in [1.82, 2.24) is 10.0 Å². The van der Waals surface area contributed by atoms with Crippen LogP contribution in [0.1, 0.15) is 5.56 Å². The standard InChI is InChI=1S/C17H15ClF2N2O3S/c18-12-3-1-4-13(11-12)26(24,25)22-10-9-21-17(23)8-7-14-15(19)5-2-6-16(14)20/h1-8,11,22H,9-10H2,(H,21,23)/b8-7+. The third kappa shape index (κ3) is 5.62. The predicted octanol–water partition coefficient (Wildman–Crippen LogP) is 2.73. The molecule has 0 bridgehead atoms. The van der Waals surface area contributed by atoms with Crippen molar-refractivity contribution in [3.8, 4) is 0 Å². The molecular weight excluding hydrogens is 386 g/mol. The molecule has 9 heteroatoms. The van der Waals surface area contributed by atoms with Gasteiger partial charge in [-0.3, -0.25) is 4.79 Å². The fourth-order valence-corrected chi connectivity index (χ4v) is 3.31. The number of carbonyl (C=O) groups excluding carboxylic acids is 1. The molecule has 2 N–H and O–H groups in total. The summed E-state index contributed by atoms with van der Waals surface area (Å²) in [6.07, 6.45) is 1.98. The molecule has 0 aromatic heterocycles. The van der Waals surface area contributed by atoms with Crippen LogP contribution in [0.15, 0.2) is 53.4 Å². The first-order chi connectivity index (χ1) is 12.3. The van der Waals surface area contributed by atoms with Crippen molar-refractivity contribution in [1.29, 1.82) is 0 Å². The molecular formula is C17H15ClF2N2O3S. The Labute approximate surface area is 154 Å². The number of sulfonamides is 1. The number of benzene rings is 2. The van der Waals surface area contributed by atoms with Gasteiger partial charge in [0, 0.05) is 29.8 Å². The van der Waals surface area contributed by atoms with Gasteiger partial charge in [-0.05, 0) is 36.4 Å². The van der Waals surface area contributed by atoms with Crippen LogP contribution in [0.3, 0.4) is 0 Å². The molecule has 138 valence electrons. The molecule has 0 spiro atoms. The second kappa shape index (κ2) is 8.88. The highest BCUT2D eigenvalue weighted by Crippen LogP contribution is 2.15. The van der Waals surface area contributed by atoms with E-state index in [2.05, 4.69) is 10.0 Å². The number of hydrogen-bond donors (Lipinski definition) is 2. The first-order valence-electron chi connectivity index (χ1n) is 7.45. The molecule has 0 saturated carbocycles. The second-order valence-electron chi connectivity index (χ2n) is 5.11. The number of hydrogen-bond acceptors (Lipinski definition) is 3. The van der Waals surface area contributed by atoms with Gasteiger partial charge in [0.2, 0.25) is 15.9 Å². The average molecular weight is 401 g/mol. The summed E-state index contributed by atoms with van der Waals surface area (Å²) in [5, 5.41) is 2.69. The first kappa shape index (κ1) is 20.0. The highest BCUT2D eigenvalue weighted by atomic mass is 35.5. The molecule has 0 aliphatic heterocycles. The smallest absolute Gasteiger partial charge is 0.244 e. The SMILES string of the molecule is O=C(/C=C/c1c(F)cccc1F)NCCNS(=O)(=O)c1cccc(Cl)c1. The van der Waals surface area contributed by atoms with Crippen LogP contribution in [-0.4, -0.2) is 27.4 Å². The average Bonchev–Trinajstić information content (AvgIpc) is 2.58. The van der Waals surface area contributed by atoms with Crippen molar-refractivity contribution in [3.63, 3.8) is 0 Å². The zero-order valence-electron chi connectivity index (χ0n) is 13.4. The van der Waals surface area contributed by atoms with Gasteiger partial charge in [-0.1, -0.05) is 23.7 Å². The third-order valence-electron chi connectivity index (χ3n) is 3.22. The number of carbonyl (C=O) groups is 1. The Hall–Kier alpha value is -2.29. The van der Waals surface area contributed by atoms with Crippen molar-refractivity contribution in [2.24, 2.45) is 0 Å². The topological polar surface area (TPSA) is 75.3 Å². The summed E-state index contributed by atoms with van der Waals surface area (Å²) in [5.41, 5.74) is -0.329. The Morgan fingerprint density at radius 1 is 1.08 bits per heavy atom. The molecule has 2 rings (SSSR count). The highest BCUT2D eigenvalue weighted by molar-refractivity contribution is 7.89. The van der Waals surface area contributed by atoms with E-state index >= 15 is 0 Å². The second-order valence-corrected chi connectivity index (χ2v) is 7.32. The first-order valence-corrected chi connectivity index (χ1v) is 9.31. The lowest BCUT2D eigenvalue weighted by molar-refractivity contribution is -0.116. The number of halogens is 3. The monoisotopic (exact) mass is 400 g/mol. The van der Waals surface area contributed by atoms with Gasteiger partial charge < -0.3 is 5.32 Å². The van der Waals surface area contributed by atoms with E-state index in [0.29, 0.717) is 0 Å². The van der Waals surface area contributed by atoms with E-state index in [-0.39, 0.29) is 28.6 Å². The Balaban J connectivity index is 1.84. The molecule has 2 aromatic carbocycles. The third-order valence-corrected chi connectivity index (χ3v) is 4.92. The van der Waals surface area contributed by atoms with E-state index in [1.807, 2.05) is 0 Å². The fraction of sp³-hybridized carbons (Fsp3) is 0.118. The molecule has 2 aromatic rings. The predicted molar refractivity (Wildman–Crippen MR) is 95.0 cm³/mol. The number of nitrogens with one attached hydrogen (secondary N) is 2. The molecule has 1 amide bonds. The minimum absolute atomic E-state index is 0.00579. The molecule has 0 saturated heterocycles. The van der Waals surface area contributed by atoms with E-state index in [0.717, 1.165) is 24.3 Å². The maximum Gasteiger partial charge on any atom is 0.244 e. The minimum atomic E-state index is -3.75. The fourth-order valence-electron chi connectivity index (χ4n) is 1.98. The Kier molecular flexibility index (Phi) is 6.84. The molecule has 26 heavy (non-hydrogen) atoms. The summed E-state index contributed by atoms with van der Waals surface area (Å²) < 4.78 is 53.2. The summed E-state index contributed by atoms with van der Waals surface area (Å²) in [6, 6.07) is 9.11. The van der Waals surface area contributed by atoms with Crippen molar-refractivity contribution < 1.29 is 22.0 Å². The maximum absolute atomic E-state index is 13.4. The minimum Gasteiger partial charge on any atom is -0.351 e.